The lowest BCUT2D eigenvalue weighted by molar-refractivity contribution is -0.113. The fourth-order valence-electron chi connectivity index (χ4n) is 2.48. The molecule has 0 bridgehead atoms. The summed E-state index contributed by atoms with van der Waals surface area (Å²) in [5, 5.41) is 10.1. The van der Waals surface area contributed by atoms with E-state index in [1.54, 1.807) is 18.2 Å². The zero-order valence-corrected chi connectivity index (χ0v) is 16.5. The number of anilines is 1. The standard InChI is InChI=1S/C19H16ClNO3S2/c1-3-24-15-9-12(8-14(20)17(15)22)10-16-18(23)21(19(25)26-16)13-6-4-11(2)5-7-13/h4-10,22H,3H2,1-2H3/b16-10-. The summed E-state index contributed by atoms with van der Waals surface area (Å²) < 4.78 is 5.85. The first-order valence-corrected chi connectivity index (χ1v) is 9.51. The van der Waals surface area contributed by atoms with E-state index in [0.717, 1.165) is 11.3 Å². The second-order valence-electron chi connectivity index (χ2n) is 5.64. The molecule has 0 radical (unpaired) electrons. The Kier molecular flexibility index (Phi) is 5.55. The van der Waals surface area contributed by atoms with E-state index in [-0.39, 0.29) is 22.4 Å². The molecule has 1 saturated heterocycles. The molecule has 2 aromatic rings. The average Bonchev–Trinajstić information content (AvgIpc) is 2.87. The SMILES string of the molecule is CCOc1cc(/C=C2\SC(=S)N(c3ccc(C)cc3)C2=O)cc(Cl)c1O. The van der Waals surface area contributed by atoms with Crippen LogP contribution in [0.15, 0.2) is 41.3 Å². The number of benzene rings is 2. The molecule has 1 aliphatic rings. The molecule has 0 aliphatic carbocycles. The Morgan fingerprint density at radius 2 is 2.00 bits per heavy atom. The summed E-state index contributed by atoms with van der Waals surface area (Å²) in [6.45, 7) is 4.19. The van der Waals surface area contributed by atoms with Crippen LogP contribution < -0.4 is 9.64 Å². The molecule has 0 spiro atoms. The van der Waals surface area contributed by atoms with Gasteiger partial charge in [0.05, 0.1) is 22.2 Å². The summed E-state index contributed by atoms with van der Waals surface area (Å²) >= 11 is 12.7. The Balaban J connectivity index is 1.94. The van der Waals surface area contributed by atoms with E-state index in [0.29, 0.717) is 21.4 Å². The number of aryl methyl sites for hydroxylation is 1. The molecule has 7 heteroatoms. The normalized spacial score (nSPS) is 15.8. The van der Waals surface area contributed by atoms with Gasteiger partial charge in [-0.3, -0.25) is 9.69 Å². The zero-order valence-electron chi connectivity index (χ0n) is 14.2. The summed E-state index contributed by atoms with van der Waals surface area (Å²) in [5.74, 6) is -0.0239. The van der Waals surface area contributed by atoms with Crippen LogP contribution in [0.4, 0.5) is 5.69 Å². The van der Waals surface area contributed by atoms with Crippen molar-refractivity contribution in [2.24, 2.45) is 0 Å². The van der Waals surface area contributed by atoms with Crippen LogP contribution in [0.1, 0.15) is 18.1 Å². The summed E-state index contributed by atoms with van der Waals surface area (Å²) in [4.78, 5) is 14.8. The fourth-order valence-corrected chi connectivity index (χ4v) is 4.00. The fraction of sp³-hybridized carbons (Fsp3) is 0.158. The van der Waals surface area contributed by atoms with Gasteiger partial charge in [0.2, 0.25) is 0 Å². The van der Waals surface area contributed by atoms with Crippen molar-refractivity contribution in [2.45, 2.75) is 13.8 Å². The predicted molar refractivity (Wildman–Crippen MR) is 111 cm³/mol. The van der Waals surface area contributed by atoms with E-state index in [1.807, 2.05) is 38.1 Å². The summed E-state index contributed by atoms with van der Waals surface area (Å²) in [6.07, 6.45) is 1.70. The summed E-state index contributed by atoms with van der Waals surface area (Å²) in [7, 11) is 0. The first-order chi connectivity index (χ1) is 12.4. The molecule has 0 aromatic heterocycles. The number of carbonyl (C=O) groups excluding carboxylic acids is 1. The molecule has 3 rings (SSSR count). The van der Waals surface area contributed by atoms with Gasteiger partial charge in [0.25, 0.3) is 5.91 Å². The Morgan fingerprint density at radius 3 is 2.65 bits per heavy atom. The van der Waals surface area contributed by atoms with Crippen LogP contribution in [0, 0.1) is 6.92 Å². The number of nitrogens with zero attached hydrogens (tertiary/aromatic N) is 1. The van der Waals surface area contributed by atoms with Gasteiger partial charge >= 0.3 is 0 Å². The summed E-state index contributed by atoms with van der Waals surface area (Å²) in [5.41, 5.74) is 2.50. The van der Waals surface area contributed by atoms with Crippen LogP contribution in [-0.2, 0) is 4.79 Å². The van der Waals surface area contributed by atoms with E-state index in [9.17, 15) is 9.90 Å². The number of halogens is 1. The minimum absolute atomic E-state index is 0.113. The van der Waals surface area contributed by atoms with E-state index in [4.69, 9.17) is 28.6 Å². The molecule has 1 amide bonds. The molecule has 1 N–H and O–H groups in total. The quantitative estimate of drug-likeness (QED) is 0.562. The van der Waals surface area contributed by atoms with Gasteiger partial charge in [-0.15, -0.1) is 0 Å². The molecule has 1 fully saturated rings. The van der Waals surface area contributed by atoms with Gasteiger partial charge in [0, 0.05) is 0 Å². The molecule has 134 valence electrons. The smallest absolute Gasteiger partial charge is 0.270 e. The van der Waals surface area contributed by atoms with Gasteiger partial charge in [0.15, 0.2) is 15.8 Å². The van der Waals surface area contributed by atoms with Crippen molar-refractivity contribution in [3.8, 4) is 11.5 Å². The van der Waals surface area contributed by atoms with Crippen molar-refractivity contribution >= 4 is 57.6 Å². The second-order valence-corrected chi connectivity index (χ2v) is 7.72. The largest absolute Gasteiger partial charge is 0.503 e. The number of thioether (sulfide) groups is 1. The van der Waals surface area contributed by atoms with Crippen molar-refractivity contribution in [1.29, 1.82) is 0 Å². The van der Waals surface area contributed by atoms with Gasteiger partial charge in [0.1, 0.15) is 0 Å². The van der Waals surface area contributed by atoms with Crippen LogP contribution >= 0.6 is 35.6 Å². The van der Waals surface area contributed by atoms with Crippen molar-refractivity contribution in [3.05, 3.63) is 57.5 Å². The molecule has 26 heavy (non-hydrogen) atoms. The Labute approximate surface area is 166 Å². The van der Waals surface area contributed by atoms with Crippen molar-refractivity contribution < 1.29 is 14.6 Å². The zero-order chi connectivity index (χ0) is 18.8. The molecule has 0 unspecified atom stereocenters. The number of amides is 1. The molecule has 1 heterocycles. The lowest BCUT2D eigenvalue weighted by atomic mass is 10.1. The highest BCUT2D eigenvalue weighted by atomic mass is 35.5. The molecule has 2 aromatic carbocycles. The van der Waals surface area contributed by atoms with Crippen LogP contribution in [0.5, 0.6) is 11.5 Å². The maximum atomic E-state index is 12.8. The molecule has 0 saturated carbocycles. The molecule has 4 nitrogen and oxygen atoms in total. The van der Waals surface area contributed by atoms with Crippen LogP contribution in [0.3, 0.4) is 0 Å². The minimum atomic E-state index is -0.189. The van der Waals surface area contributed by atoms with Gasteiger partial charge in [-0.2, -0.15) is 0 Å². The van der Waals surface area contributed by atoms with Gasteiger partial charge in [-0.1, -0.05) is 53.3 Å². The van der Waals surface area contributed by atoms with Crippen LogP contribution in [0.25, 0.3) is 6.08 Å². The molecular weight excluding hydrogens is 390 g/mol. The number of rotatable bonds is 4. The minimum Gasteiger partial charge on any atom is -0.503 e. The highest BCUT2D eigenvalue weighted by Crippen LogP contribution is 2.39. The average molecular weight is 406 g/mol. The van der Waals surface area contributed by atoms with E-state index in [2.05, 4.69) is 0 Å². The third-order valence-corrected chi connectivity index (χ3v) is 5.32. The third-order valence-electron chi connectivity index (χ3n) is 3.73. The van der Waals surface area contributed by atoms with Gasteiger partial charge < -0.3 is 9.84 Å². The lowest BCUT2D eigenvalue weighted by Crippen LogP contribution is -2.27. The first-order valence-electron chi connectivity index (χ1n) is 7.90. The number of hydrogen-bond donors (Lipinski definition) is 1. The second kappa shape index (κ2) is 7.70. The van der Waals surface area contributed by atoms with Crippen molar-refractivity contribution in [2.75, 3.05) is 11.5 Å². The highest BCUT2D eigenvalue weighted by molar-refractivity contribution is 8.27. The number of phenols is 1. The topological polar surface area (TPSA) is 49.8 Å². The number of hydrogen-bond acceptors (Lipinski definition) is 5. The first kappa shape index (κ1) is 18.8. The third kappa shape index (κ3) is 3.72. The maximum Gasteiger partial charge on any atom is 0.270 e. The van der Waals surface area contributed by atoms with Gasteiger partial charge in [-0.05, 0) is 49.8 Å². The van der Waals surface area contributed by atoms with E-state index >= 15 is 0 Å². The number of ether oxygens (including phenoxy) is 1. The van der Waals surface area contributed by atoms with Crippen LogP contribution in [-0.4, -0.2) is 21.9 Å². The Hall–Kier alpha value is -2.02. The highest BCUT2D eigenvalue weighted by Gasteiger charge is 2.33. The van der Waals surface area contributed by atoms with Gasteiger partial charge in [-0.25, -0.2) is 0 Å². The molecule has 0 atom stereocenters. The maximum absolute atomic E-state index is 12.8. The Bertz CT molecular complexity index is 910. The lowest BCUT2D eigenvalue weighted by Gasteiger charge is -2.14. The van der Waals surface area contributed by atoms with E-state index < -0.39 is 0 Å². The number of phenolic OH excluding ortho intramolecular Hbond substituents is 1. The van der Waals surface area contributed by atoms with Crippen molar-refractivity contribution in [3.63, 3.8) is 0 Å². The monoisotopic (exact) mass is 405 g/mol. The molecule has 1 aliphatic heterocycles. The van der Waals surface area contributed by atoms with Crippen LogP contribution in [0.2, 0.25) is 5.02 Å². The summed E-state index contributed by atoms with van der Waals surface area (Å²) in [6, 6.07) is 10.8. The number of thiocarbonyl (C=S) groups is 1. The Morgan fingerprint density at radius 1 is 1.31 bits per heavy atom. The number of carbonyl (C=O) groups is 1. The predicted octanol–water partition coefficient (Wildman–Crippen LogP) is 5.16. The molecular formula is C19H16ClNO3S2. The van der Waals surface area contributed by atoms with E-state index in [1.165, 1.54) is 16.7 Å². The number of aromatic hydroxyl groups is 1. The van der Waals surface area contributed by atoms with Crippen molar-refractivity contribution in [1.82, 2.24) is 0 Å².